The van der Waals surface area contributed by atoms with Crippen molar-refractivity contribution in [2.45, 2.75) is 26.0 Å². The van der Waals surface area contributed by atoms with Crippen LogP contribution in [-0.2, 0) is 4.74 Å². The van der Waals surface area contributed by atoms with Crippen molar-refractivity contribution in [2.24, 2.45) is 0 Å². The van der Waals surface area contributed by atoms with Crippen molar-refractivity contribution >= 4 is 0 Å². The maximum atomic E-state index is 10.5. The molecule has 0 saturated carbocycles. The second-order valence-corrected chi connectivity index (χ2v) is 9.38. The van der Waals surface area contributed by atoms with Crippen LogP contribution in [0, 0.1) is 13.8 Å². The molecule has 3 aromatic carbocycles. The predicted molar refractivity (Wildman–Crippen MR) is 141 cm³/mol. The maximum absolute atomic E-state index is 10.5. The lowest BCUT2D eigenvalue weighted by Gasteiger charge is -2.40. The first kappa shape index (κ1) is 25.4. The van der Waals surface area contributed by atoms with Gasteiger partial charge in [-0.3, -0.25) is 9.80 Å². The molecule has 5 nitrogen and oxygen atoms in total. The molecule has 1 saturated heterocycles. The fourth-order valence-corrected chi connectivity index (χ4v) is 4.68. The van der Waals surface area contributed by atoms with Gasteiger partial charge in [0.1, 0.15) is 12.4 Å². The van der Waals surface area contributed by atoms with Crippen molar-refractivity contribution in [3.05, 3.63) is 101 Å². The molecule has 35 heavy (non-hydrogen) atoms. The molecule has 5 heteroatoms. The number of hydrogen-bond acceptors (Lipinski definition) is 5. The van der Waals surface area contributed by atoms with Crippen LogP contribution >= 0.6 is 0 Å². The molecule has 1 aliphatic rings. The van der Waals surface area contributed by atoms with E-state index in [2.05, 4.69) is 90.4 Å². The SMILES string of the molecule is Cc1ccc(OCCOCC(O)CN2CCN(C(c3ccccc3)c3ccccc3)CC2)cc1C. The number of aliphatic hydroxyl groups is 1. The highest BCUT2D eigenvalue weighted by Gasteiger charge is 2.27. The minimum absolute atomic E-state index is 0.255. The molecule has 0 aliphatic carbocycles. The first-order valence-electron chi connectivity index (χ1n) is 12.6. The lowest BCUT2D eigenvalue weighted by molar-refractivity contribution is -0.00191. The average molecular weight is 475 g/mol. The molecule has 4 rings (SSSR count). The summed E-state index contributed by atoms with van der Waals surface area (Å²) in [6, 6.07) is 27.8. The summed E-state index contributed by atoms with van der Waals surface area (Å²) in [5.74, 6) is 0.861. The Labute approximate surface area is 209 Å². The van der Waals surface area contributed by atoms with Crippen molar-refractivity contribution in [1.82, 2.24) is 9.80 Å². The van der Waals surface area contributed by atoms with Gasteiger partial charge in [0.15, 0.2) is 0 Å². The van der Waals surface area contributed by atoms with Gasteiger partial charge < -0.3 is 14.6 Å². The van der Waals surface area contributed by atoms with E-state index < -0.39 is 6.10 Å². The Balaban J connectivity index is 1.19. The summed E-state index contributed by atoms with van der Waals surface area (Å²) >= 11 is 0. The Morgan fingerprint density at radius 2 is 1.40 bits per heavy atom. The van der Waals surface area contributed by atoms with E-state index in [-0.39, 0.29) is 6.04 Å². The largest absolute Gasteiger partial charge is 0.491 e. The zero-order valence-electron chi connectivity index (χ0n) is 21.0. The fourth-order valence-electron chi connectivity index (χ4n) is 4.68. The molecule has 0 aromatic heterocycles. The van der Waals surface area contributed by atoms with Gasteiger partial charge in [0.05, 0.1) is 25.4 Å². The molecule has 0 spiro atoms. The Hall–Kier alpha value is -2.70. The smallest absolute Gasteiger partial charge is 0.119 e. The van der Waals surface area contributed by atoms with E-state index in [4.69, 9.17) is 9.47 Å². The Kier molecular flexibility index (Phi) is 9.32. The Bertz CT molecular complexity index is 981. The molecular formula is C30H38N2O3. The van der Waals surface area contributed by atoms with E-state index in [1.165, 1.54) is 22.3 Å². The lowest BCUT2D eigenvalue weighted by atomic mass is 9.96. The molecule has 186 valence electrons. The molecule has 1 atom stereocenters. The second kappa shape index (κ2) is 12.8. The van der Waals surface area contributed by atoms with Crippen molar-refractivity contribution in [1.29, 1.82) is 0 Å². The van der Waals surface area contributed by atoms with Crippen molar-refractivity contribution in [2.75, 3.05) is 52.5 Å². The Morgan fingerprint density at radius 3 is 2.00 bits per heavy atom. The molecule has 1 N–H and O–H groups in total. The molecular weight excluding hydrogens is 436 g/mol. The van der Waals surface area contributed by atoms with Gasteiger partial charge in [-0.25, -0.2) is 0 Å². The number of hydrogen-bond donors (Lipinski definition) is 1. The van der Waals surface area contributed by atoms with Crippen LogP contribution in [0.15, 0.2) is 78.9 Å². The lowest BCUT2D eigenvalue weighted by Crippen LogP contribution is -2.50. The normalized spacial score (nSPS) is 15.9. The van der Waals surface area contributed by atoms with Gasteiger partial charge in [0, 0.05) is 32.7 Å². The Morgan fingerprint density at radius 1 is 0.771 bits per heavy atom. The third-order valence-electron chi connectivity index (χ3n) is 6.76. The third kappa shape index (κ3) is 7.39. The monoisotopic (exact) mass is 474 g/mol. The molecule has 1 fully saturated rings. The molecule has 0 radical (unpaired) electrons. The van der Waals surface area contributed by atoms with Crippen molar-refractivity contribution < 1.29 is 14.6 Å². The van der Waals surface area contributed by atoms with Gasteiger partial charge in [-0.2, -0.15) is 0 Å². The number of aliphatic hydroxyl groups excluding tert-OH is 1. The summed E-state index contributed by atoms with van der Waals surface area (Å²) in [5.41, 5.74) is 5.12. The first-order chi connectivity index (χ1) is 17.1. The second-order valence-electron chi connectivity index (χ2n) is 9.38. The van der Waals surface area contributed by atoms with E-state index in [1.807, 2.05) is 12.1 Å². The fraction of sp³-hybridized carbons (Fsp3) is 0.400. The average Bonchev–Trinajstić information content (AvgIpc) is 2.88. The van der Waals surface area contributed by atoms with Gasteiger partial charge in [-0.1, -0.05) is 66.7 Å². The van der Waals surface area contributed by atoms with E-state index in [9.17, 15) is 5.11 Å². The van der Waals surface area contributed by atoms with E-state index in [0.29, 0.717) is 26.4 Å². The number of ether oxygens (including phenoxy) is 2. The highest BCUT2D eigenvalue weighted by atomic mass is 16.5. The first-order valence-corrected chi connectivity index (χ1v) is 12.6. The molecule has 1 aliphatic heterocycles. The van der Waals surface area contributed by atoms with Crippen LogP contribution in [0.1, 0.15) is 28.3 Å². The number of rotatable bonds is 11. The summed E-state index contributed by atoms with van der Waals surface area (Å²) in [6.45, 7) is 9.87. The summed E-state index contributed by atoms with van der Waals surface area (Å²) in [6.07, 6.45) is -0.498. The number of benzene rings is 3. The molecule has 1 unspecified atom stereocenters. The van der Waals surface area contributed by atoms with Crippen molar-refractivity contribution in [3.8, 4) is 5.75 Å². The minimum Gasteiger partial charge on any atom is -0.491 e. The van der Waals surface area contributed by atoms with Crippen LogP contribution < -0.4 is 4.74 Å². The molecule has 3 aromatic rings. The van der Waals surface area contributed by atoms with E-state index >= 15 is 0 Å². The quantitative estimate of drug-likeness (QED) is 0.416. The maximum Gasteiger partial charge on any atom is 0.119 e. The van der Waals surface area contributed by atoms with E-state index in [0.717, 1.165) is 31.9 Å². The van der Waals surface area contributed by atoms with Gasteiger partial charge in [0.25, 0.3) is 0 Å². The number of nitrogens with zero attached hydrogens (tertiary/aromatic N) is 2. The van der Waals surface area contributed by atoms with Crippen LogP contribution in [0.3, 0.4) is 0 Å². The zero-order chi connectivity index (χ0) is 24.5. The summed E-state index contributed by atoms with van der Waals surface area (Å²) in [4.78, 5) is 4.89. The third-order valence-corrected chi connectivity index (χ3v) is 6.76. The van der Waals surface area contributed by atoms with Crippen molar-refractivity contribution in [3.63, 3.8) is 0 Å². The highest BCUT2D eigenvalue weighted by Crippen LogP contribution is 2.29. The van der Waals surface area contributed by atoms with E-state index in [1.54, 1.807) is 0 Å². The zero-order valence-corrected chi connectivity index (χ0v) is 21.0. The number of aryl methyl sites for hydroxylation is 2. The van der Waals surface area contributed by atoms with Gasteiger partial charge in [0.2, 0.25) is 0 Å². The number of β-amino-alcohol motifs (C(OH)–C–C–N with tert-alkyl or cyclic N) is 1. The van der Waals surface area contributed by atoms with Gasteiger partial charge in [-0.05, 0) is 48.2 Å². The predicted octanol–water partition coefficient (Wildman–Crippen LogP) is 4.47. The van der Waals surface area contributed by atoms with Gasteiger partial charge in [-0.15, -0.1) is 0 Å². The van der Waals surface area contributed by atoms with Crippen LogP contribution in [0.4, 0.5) is 0 Å². The molecule has 0 bridgehead atoms. The molecule has 0 amide bonds. The van der Waals surface area contributed by atoms with Crippen LogP contribution in [-0.4, -0.2) is 73.6 Å². The summed E-state index contributed by atoms with van der Waals surface area (Å²) < 4.78 is 11.4. The van der Waals surface area contributed by atoms with Crippen LogP contribution in [0.2, 0.25) is 0 Å². The van der Waals surface area contributed by atoms with Gasteiger partial charge >= 0.3 is 0 Å². The van der Waals surface area contributed by atoms with Crippen LogP contribution in [0.5, 0.6) is 5.75 Å². The summed E-state index contributed by atoms with van der Waals surface area (Å²) in [5, 5.41) is 10.5. The molecule has 1 heterocycles. The topological polar surface area (TPSA) is 45.2 Å². The number of piperazine rings is 1. The van der Waals surface area contributed by atoms with Crippen LogP contribution in [0.25, 0.3) is 0 Å². The summed E-state index contributed by atoms with van der Waals surface area (Å²) in [7, 11) is 0. The minimum atomic E-state index is -0.498. The highest BCUT2D eigenvalue weighted by molar-refractivity contribution is 5.34. The standard InChI is InChI=1S/C30H38N2O3/c1-24-13-14-29(21-25(24)2)35-20-19-34-23-28(33)22-31-15-17-32(18-16-31)30(26-9-5-3-6-10-26)27-11-7-4-8-12-27/h3-14,21,28,30,33H,15-20,22-23H2,1-2H3.